The molecular formula is C23H27ClN2O2. The highest BCUT2D eigenvalue weighted by atomic mass is 35.5. The number of hydrogen-bond acceptors (Lipinski definition) is 4. The maximum atomic E-state index is 9.99. The lowest BCUT2D eigenvalue weighted by Crippen LogP contribution is -2.32. The molecule has 0 spiro atoms. The van der Waals surface area contributed by atoms with Crippen LogP contribution in [0.15, 0.2) is 84.9 Å². The van der Waals surface area contributed by atoms with Crippen LogP contribution in [-0.4, -0.2) is 30.9 Å². The van der Waals surface area contributed by atoms with E-state index in [9.17, 15) is 5.11 Å². The van der Waals surface area contributed by atoms with Crippen molar-refractivity contribution in [1.82, 2.24) is 5.32 Å². The Morgan fingerprint density at radius 3 is 2.07 bits per heavy atom. The Morgan fingerprint density at radius 1 is 0.786 bits per heavy atom. The van der Waals surface area contributed by atoms with Crippen LogP contribution >= 0.6 is 12.4 Å². The second-order valence-corrected chi connectivity index (χ2v) is 6.42. The van der Waals surface area contributed by atoms with Crippen molar-refractivity contribution in [1.29, 1.82) is 0 Å². The summed E-state index contributed by atoms with van der Waals surface area (Å²) < 4.78 is 5.55. The fourth-order valence-electron chi connectivity index (χ4n) is 2.71. The highest BCUT2D eigenvalue weighted by molar-refractivity contribution is 5.85. The highest BCUT2D eigenvalue weighted by Crippen LogP contribution is 2.16. The van der Waals surface area contributed by atoms with Gasteiger partial charge in [-0.1, -0.05) is 48.5 Å². The van der Waals surface area contributed by atoms with E-state index in [2.05, 4.69) is 34.9 Å². The molecule has 0 fully saturated rings. The Morgan fingerprint density at radius 2 is 1.39 bits per heavy atom. The van der Waals surface area contributed by atoms with E-state index < -0.39 is 6.10 Å². The fourth-order valence-corrected chi connectivity index (χ4v) is 2.71. The summed E-state index contributed by atoms with van der Waals surface area (Å²) in [5.41, 5.74) is 3.42. The van der Waals surface area contributed by atoms with Crippen molar-refractivity contribution in [2.45, 2.75) is 12.5 Å². The number of aliphatic hydroxyl groups excluding tert-OH is 1. The molecule has 28 heavy (non-hydrogen) atoms. The maximum absolute atomic E-state index is 9.99. The molecule has 0 radical (unpaired) electrons. The lowest BCUT2D eigenvalue weighted by atomic mass is 10.1. The van der Waals surface area contributed by atoms with Crippen molar-refractivity contribution in [3.05, 3.63) is 90.5 Å². The number of para-hydroxylation sites is 2. The SMILES string of the molecule is Cl.O[C@@H](CNCCc1ccc(Nc2ccccc2)cc1)COc1ccccc1. The van der Waals surface area contributed by atoms with Gasteiger partial charge in [0.25, 0.3) is 0 Å². The van der Waals surface area contributed by atoms with Crippen molar-refractivity contribution in [3.8, 4) is 5.75 Å². The molecule has 0 saturated carbocycles. The molecule has 3 aromatic carbocycles. The third kappa shape index (κ3) is 7.61. The van der Waals surface area contributed by atoms with Crippen LogP contribution in [0.4, 0.5) is 11.4 Å². The average molecular weight is 399 g/mol. The van der Waals surface area contributed by atoms with Gasteiger partial charge in [-0.3, -0.25) is 0 Å². The lowest BCUT2D eigenvalue weighted by Gasteiger charge is -2.13. The molecule has 0 aliphatic rings. The minimum Gasteiger partial charge on any atom is -0.491 e. The first-order valence-electron chi connectivity index (χ1n) is 9.27. The second kappa shape index (κ2) is 12.0. The van der Waals surface area contributed by atoms with E-state index >= 15 is 0 Å². The van der Waals surface area contributed by atoms with Crippen molar-refractivity contribution < 1.29 is 9.84 Å². The molecule has 0 amide bonds. The Kier molecular flexibility index (Phi) is 9.35. The van der Waals surface area contributed by atoms with Crippen molar-refractivity contribution in [3.63, 3.8) is 0 Å². The molecule has 0 aliphatic heterocycles. The number of rotatable bonds is 10. The summed E-state index contributed by atoms with van der Waals surface area (Å²) >= 11 is 0. The fraction of sp³-hybridized carbons (Fsp3) is 0.217. The molecule has 3 N–H and O–H groups in total. The molecule has 1 atom stereocenters. The molecule has 0 aliphatic carbocycles. The number of nitrogens with one attached hydrogen (secondary N) is 2. The number of ether oxygens (including phenoxy) is 1. The predicted octanol–water partition coefficient (Wildman–Crippen LogP) is 4.42. The van der Waals surface area contributed by atoms with Crippen molar-refractivity contribution >= 4 is 23.8 Å². The van der Waals surface area contributed by atoms with Gasteiger partial charge < -0.3 is 20.5 Å². The van der Waals surface area contributed by atoms with Gasteiger partial charge in [-0.15, -0.1) is 12.4 Å². The third-order valence-corrected chi connectivity index (χ3v) is 4.17. The minimum atomic E-state index is -0.525. The summed E-state index contributed by atoms with van der Waals surface area (Å²) in [6, 6.07) is 28.1. The number of aliphatic hydroxyl groups is 1. The van der Waals surface area contributed by atoms with Gasteiger partial charge in [-0.05, 0) is 54.9 Å². The molecule has 4 nitrogen and oxygen atoms in total. The van der Waals surface area contributed by atoms with Crippen LogP contribution in [0, 0.1) is 0 Å². The van der Waals surface area contributed by atoms with Gasteiger partial charge >= 0.3 is 0 Å². The van der Waals surface area contributed by atoms with Gasteiger partial charge in [0.05, 0.1) is 0 Å². The summed E-state index contributed by atoms with van der Waals surface area (Å²) in [6.45, 7) is 1.62. The first kappa shape index (κ1) is 21.8. The van der Waals surface area contributed by atoms with Crippen LogP contribution in [0.1, 0.15) is 5.56 Å². The number of halogens is 1. The van der Waals surface area contributed by atoms with Crippen LogP contribution in [0.3, 0.4) is 0 Å². The summed E-state index contributed by atoms with van der Waals surface area (Å²) in [6.07, 6.45) is 0.389. The highest BCUT2D eigenvalue weighted by Gasteiger charge is 2.04. The zero-order chi connectivity index (χ0) is 18.7. The van der Waals surface area contributed by atoms with Crippen LogP contribution in [-0.2, 0) is 6.42 Å². The Bertz CT molecular complexity index is 783. The van der Waals surface area contributed by atoms with E-state index in [1.807, 2.05) is 60.7 Å². The molecule has 0 saturated heterocycles. The molecule has 0 heterocycles. The predicted molar refractivity (Wildman–Crippen MR) is 118 cm³/mol. The summed E-state index contributed by atoms with van der Waals surface area (Å²) in [4.78, 5) is 0. The third-order valence-electron chi connectivity index (χ3n) is 4.17. The largest absolute Gasteiger partial charge is 0.491 e. The quantitative estimate of drug-likeness (QED) is 0.442. The van der Waals surface area contributed by atoms with Gasteiger partial charge in [0.15, 0.2) is 0 Å². The number of hydrogen-bond donors (Lipinski definition) is 3. The molecule has 3 rings (SSSR count). The van der Waals surface area contributed by atoms with Crippen LogP contribution in [0.2, 0.25) is 0 Å². The van der Waals surface area contributed by atoms with E-state index in [4.69, 9.17) is 4.74 Å². The molecule has 0 unspecified atom stereocenters. The summed E-state index contributed by atoms with van der Waals surface area (Å²) in [5.74, 6) is 0.778. The van der Waals surface area contributed by atoms with Crippen LogP contribution < -0.4 is 15.4 Å². The van der Waals surface area contributed by atoms with Crippen molar-refractivity contribution in [2.75, 3.05) is 25.0 Å². The molecular weight excluding hydrogens is 372 g/mol. The maximum Gasteiger partial charge on any atom is 0.119 e. The van der Waals surface area contributed by atoms with E-state index in [1.54, 1.807) is 0 Å². The summed E-state index contributed by atoms with van der Waals surface area (Å²) in [7, 11) is 0. The van der Waals surface area contributed by atoms with Crippen LogP contribution in [0.5, 0.6) is 5.75 Å². The standard InChI is InChI=1S/C23H26N2O2.ClH/c26-22(18-27-23-9-5-2-6-10-23)17-24-16-15-19-11-13-21(14-12-19)25-20-7-3-1-4-8-20;/h1-14,22,24-26H,15-18H2;1H/t22-;/m0./s1. The van der Waals surface area contributed by atoms with E-state index in [1.165, 1.54) is 5.56 Å². The zero-order valence-electron chi connectivity index (χ0n) is 15.8. The number of anilines is 2. The molecule has 3 aromatic rings. The average Bonchev–Trinajstić information content (AvgIpc) is 2.72. The van der Waals surface area contributed by atoms with E-state index in [0.717, 1.165) is 30.1 Å². The minimum absolute atomic E-state index is 0. The lowest BCUT2D eigenvalue weighted by molar-refractivity contribution is 0.106. The van der Waals surface area contributed by atoms with Crippen LogP contribution in [0.25, 0.3) is 0 Å². The Hall–Kier alpha value is -2.53. The smallest absolute Gasteiger partial charge is 0.119 e. The molecule has 148 valence electrons. The summed E-state index contributed by atoms with van der Waals surface area (Å²) in [5, 5.41) is 16.6. The van der Waals surface area contributed by atoms with Crippen molar-refractivity contribution in [2.24, 2.45) is 0 Å². The first-order valence-corrected chi connectivity index (χ1v) is 9.27. The topological polar surface area (TPSA) is 53.5 Å². The van der Waals surface area contributed by atoms with Gasteiger partial charge in [-0.25, -0.2) is 0 Å². The van der Waals surface area contributed by atoms with E-state index in [-0.39, 0.29) is 19.0 Å². The van der Waals surface area contributed by atoms with E-state index in [0.29, 0.717) is 6.54 Å². The molecule has 0 aromatic heterocycles. The zero-order valence-corrected chi connectivity index (χ0v) is 16.6. The Labute approximate surface area is 173 Å². The monoisotopic (exact) mass is 398 g/mol. The number of benzene rings is 3. The molecule has 5 heteroatoms. The van der Waals surface area contributed by atoms with Gasteiger partial charge in [0.1, 0.15) is 18.5 Å². The van der Waals surface area contributed by atoms with Gasteiger partial charge in [-0.2, -0.15) is 0 Å². The molecule has 0 bridgehead atoms. The normalized spacial score (nSPS) is 11.3. The van der Waals surface area contributed by atoms with Gasteiger partial charge in [0, 0.05) is 17.9 Å². The second-order valence-electron chi connectivity index (χ2n) is 6.42. The Balaban J connectivity index is 0.00000280. The van der Waals surface area contributed by atoms with Gasteiger partial charge in [0.2, 0.25) is 0 Å². The first-order chi connectivity index (χ1) is 13.3.